The fraction of sp³-hybridized carbons (Fsp3) is 0.500. The maximum Gasteiger partial charge on any atom is 0.163 e. The number of anilines is 1. The van der Waals surface area contributed by atoms with Gasteiger partial charge in [0, 0.05) is 17.5 Å². The first-order chi connectivity index (χ1) is 10.7. The van der Waals surface area contributed by atoms with Crippen molar-refractivity contribution in [1.29, 1.82) is 0 Å². The number of ether oxygens (including phenoxy) is 2. The van der Waals surface area contributed by atoms with Crippen LogP contribution in [0.1, 0.15) is 19.3 Å². The summed E-state index contributed by atoms with van der Waals surface area (Å²) >= 11 is 0. The Morgan fingerprint density at radius 1 is 1.27 bits per heavy atom. The van der Waals surface area contributed by atoms with Gasteiger partial charge >= 0.3 is 0 Å². The normalized spacial score (nSPS) is 19.3. The average Bonchev–Trinajstić information content (AvgIpc) is 2.54. The topological polar surface area (TPSA) is 73.5 Å². The van der Waals surface area contributed by atoms with Crippen molar-refractivity contribution in [3.63, 3.8) is 0 Å². The Balaban J connectivity index is 1.83. The minimum Gasteiger partial charge on any atom is -0.493 e. The van der Waals surface area contributed by atoms with E-state index in [-0.39, 0.29) is 0 Å². The van der Waals surface area contributed by atoms with E-state index < -0.39 is 0 Å². The second-order valence-corrected chi connectivity index (χ2v) is 5.72. The molecule has 1 atom stereocenters. The summed E-state index contributed by atoms with van der Waals surface area (Å²) in [6.07, 6.45) is 5.16. The maximum atomic E-state index is 6.02. The van der Waals surface area contributed by atoms with E-state index >= 15 is 0 Å². The molecule has 0 saturated carbocycles. The van der Waals surface area contributed by atoms with Crippen LogP contribution in [-0.4, -0.2) is 48.2 Å². The van der Waals surface area contributed by atoms with Gasteiger partial charge in [0.1, 0.15) is 18.8 Å². The summed E-state index contributed by atoms with van der Waals surface area (Å²) in [5.74, 6) is 1.81. The zero-order valence-electron chi connectivity index (χ0n) is 13.1. The summed E-state index contributed by atoms with van der Waals surface area (Å²) in [6, 6.07) is 4.16. The molecule has 0 bridgehead atoms. The van der Waals surface area contributed by atoms with Crippen LogP contribution in [0.25, 0.3) is 10.9 Å². The van der Waals surface area contributed by atoms with Gasteiger partial charge in [-0.2, -0.15) is 0 Å². The van der Waals surface area contributed by atoms with Gasteiger partial charge in [-0.05, 0) is 32.5 Å². The van der Waals surface area contributed by atoms with Crippen LogP contribution in [-0.2, 0) is 0 Å². The summed E-state index contributed by atoms with van der Waals surface area (Å²) in [6.45, 7) is 1.78. The van der Waals surface area contributed by atoms with Crippen LogP contribution < -0.4 is 15.2 Å². The highest BCUT2D eigenvalue weighted by Gasteiger charge is 2.20. The molecule has 0 amide bonds. The molecule has 22 heavy (non-hydrogen) atoms. The average molecular weight is 302 g/mol. The van der Waals surface area contributed by atoms with E-state index in [0.717, 1.165) is 17.4 Å². The highest BCUT2D eigenvalue weighted by atomic mass is 16.5. The summed E-state index contributed by atoms with van der Waals surface area (Å²) in [4.78, 5) is 10.6. The first kappa shape index (κ1) is 14.8. The van der Waals surface area contributed by atoms with Crippen LogP contribution in [0.4, 0.5) is 5.82 Å². The Morgan fingerprint density at radius 3 is 2.91 bits per heavy atom. The lowest BCUT2D eigenvalue weighted by Gasteiger charge is -2.32. The molecule has 2 aromatic rings. The molecule has 3 rings (SSSR count). The Bertz CT molecular complexity index is 662. The van der Waals surface area contributed by atoms with Crippen LogP contribution in [0.15, 0.2) is 18.5 Å². The maximum absolute atomic E-state index is 6.02. The number of rotatable bonds is 4. The number of aromatic nitrogens is 2. The Kier molecular flexibility index (Phi) is 4.29. The van der Waals surface area contributed by atoms with E-state index in [4.69, 9.17) is 15.2 Å². The first-order valence-electron chi connectivity index (χ1n) is 7.60. The molecule has 1 aromatic carbocycles. The predicted molar refractivity (Wildman–Crippen MR) is 86.3 cm³/mol. The zero-order valence-corrected chi connectivity index (χ0v) is 13.1. The molecule has 0 aliphatic carbocycles. The molecule has 118 valence electrons. The second-order valence-electron chi connectivity index (χ2n) is 5.72. The largest absolute Gasteiger partial charge is 0.493 e. The Labute approximate surface area is 130 Å². The lowest BCUT2D eigenvalue weighted by atomic mass is 10.0. The number of benzene rings is 1. The standard InChI is InChI=1S/C16H22N4O2/c1-20-6-4-3-5-11(20)9-22-15-8-13-12(7-14(15)21-2)16(17)19-10-18-13/h7-8,10-11H,3-6,9H2,1-2H3,(H2,17,18,19). The predicted octanol–water partition coefficient (Wildman–Crippen LogP) is 2.08. The fourth-order valence-corrected chi connectivity index (χ4v) is 2.90. The van der Waals surface area contributed by atoms with Crippen LogP contribution in [0, 0.1) is 0 Å². The molecule has 1 aliphatic heterocycles. The summed E-state index contributed by atoms with van der Waals surface area (Å²) < 4.78 is 11.4. The summed E-state index contributed by atoms with van der Waals surface area (Å²) in [5.41, 5.74) is 6.65. The van der Waals surface area contributed by atoms with Gasteiger partial charge in [0.25, 0.3) is 0 Å². The monoisotopic (exact) mass is 302 g/mol. The van der Waals surface area contributed by atoms with Gasteiger partial charge in [-0.15, -0.1) is 0 Å². The van der Waals surface area contributed by atoms with E-state index in [2.05, 4.69) is 21.9 Å². The van der Waals surface area contributed by atoms with Gasteiger partial charge in [0.05, 0.1) is 12.6 Å². The lowest BCUT2D eigenvalue weighted by Crippen LogP contribution is -2.40. The van der Waals surface area contributed by atoms with Crippen molar-refractivity contribution in [1.82, 2.24) is 14.9 Å². The summed E-state index contributed by atoms with van der Waals surface area (Å²) in [7, 11) is 3.78. The molecule has 1 unspecified atom stereocenters. The van der Waals surface area contributed by atoms with Gasteiger partial charge in [-0.25, -0.2) is 9.97 Å². The van der Waals surface area contributed by atoms with Gasteiger partial charge in [-0.1, -0.05) is 6.42 Å². The molecule has 1 aliphatic rings. The molecule has 1 aromatic heterocycles. The molecular formula is C16H22N4O2. The van der Waals surface area contributed by atoms with Crippen molar-refractivity contribution in [2.45, 2.75) is 25.3 Å². The molecule has 2 N–H and O–H groups in total. The van der Waals surface area contributed by atoms with Crippen molar-refractivity contribution in [3.8, 4) is 11.5 Å². The van der Waals surface area contributed by atoms with Crippen LogP contribution in [0.5, 0.6) is 11.5 Å². The van der Waals surface area contributed by atoms with Gasteiger partial charge < -0.3 is 20.1 Å². The van der Waals surface area contributed by atoms with Gasteiger partial charge in [0.2, 0.25) is 0 Å². The van der Waals surface area contributed by atoms with Crippen molar-refractivity contribution >= 4 is 16.7 Å². The highest BCUT2D eigenvalue weighted by Crippen LogP contribution is 2.33. The Morgan fingerprint density at radius 2 is 2.14 bits per heavy atom. The number of piperidine rings is 1. The first-order valence-corrected chi connectivity index (χ1v) is 7.60. The fourth-order valence-electron chi connectivity index (χ4n) is 2.90. The molecule has 0 radical (unpaired) electrons. The molecule has 1 fully saturated rings. The second kappa shape index (κ2) is 6.36. The third-order valence-corrected chi connectivity index (χ3v) is 4.30. The third-order valence-electron chi connectivity index (χ3n) is 4.30. The number of fused-ring (bicyclic) bond motifs is 1. The van der Waals surface area contributed by atoms with Crippen LogP contribution in [0.3, 0.4) is 0 Å². The van der Waals surface area contributed by atoms with Crippen molar-refractivity contribution in [2.75, 3.05) is 33.0 Å². The number of likely N-dealkylation sites (tertiary alicyclic amines) is 1. The zero-order chi connectivity index (χ0) is 15.5. The minimum atomic E-state index is 0.446. The number of hydrogen-bond donors (Lipinski definition) is 1. The minimum absolute atomic E-state index is 0.446. The molecule has 2 heterocycles. The molecular weight excluding hydrogens is 280 g/mol. The number of nitrogen functional groups attached to an aromatic ring is 1. The van der Waals surface area contributed by atoms with Crippen molar-refractivity contribution in [3.05, 3.63) is 18.5 Å². The number of nitrogens with zero attached hydrogens (tertiary/aromatic N) is 3. The molecule has 1 saturated heterocycles. The molecule has 6 heteroatoms. The highest BCUT2D eigenvalue weighted by molar-refractivity contribution is 5.90. The molecule has 0 spiro atoms. The smallest absolute Gasteiger partial charge is 0.163 e. The number of nitrogens with two attached hydrogens (primary N) is 1. The number of methoxy groups -OCH3 is 1. The molecule has 6 nitrogen and oxygen atoms in total. The third kappa shape index (κ3) is 2.92. The quantitative estimate of drug-likeness (QED) is 0.932. The van der Waals surface area contributed by atoms with Crippen LogP contribution >= 0.6 is 0 Å². The van der Waals surface area contributed by atoms with E-state index in [9.17, 15) is 0 Å². The van der Waals surface area contributed by atoms with E-state index in [1.165, 1.54) is 25.6 Å². The van der Waals surface area contributed by atoms with Crippen LogP contribution in [0.2, 0.25) is 0 Å². The van der Waals surface area contributed by atoms with Gasteiger partial charge in [-0.3, -0.25) is 0 Å². The van der Waals surface area contributed by atoms with Gasteiger partial charge in [0.15, 0.2) is 11.5 Å². The number of likely N-dealkylation sites (N-methyl/N-ethyl adjacent to an activating group) is 1. The van der Waals surface area contributed by atoms with E-state index in [0.29, 0.717) is 30.0 Å². The lowest BCUT2D eigenvalue weighted by molar-refractivity contribution is 0.123. The van der Waals surface area contributed by atoms with E-state index in [1.54, 1.807) is 7.11 Å². The van der Waals surface area contributed by atoms with Crippen molar-refractivity contribution in [2.24, 2.45) is 0 Å². The van der Waals surface area contributed by atoms with Crippen molar-refractivity contribution < 1.29 is 9.47 Å². The Hall–Kier alpha value is -2.08. The van der Waals surface area contributed by atoms with E-state index in [1.807, 2.05) is 12.1 Å². The number of hydrogen-bond acceptors (Lipinski definition) is 6. The summed E-state index contributed by atoms with van der Waals surface area (Å²) in [5, 5.41) is 0.779. The SMILES string of the molecule is COc1cc2c(N)ncnc2cc1OCC1CCCCN1C.